The van der Waals surface area contributed by atoms with Gasteiger partial charge in [0.05, 0.1) is 5.75 Å². The summed E-state index contributed by atoms with van der Waals surface area (Å²) in [6.45, 7) is 2.53. The zero-order valence-corrected chi connectivity index (χ0v) is 8.10. The Morgan fingerprint density at radius 2 is 2.42 bits per heavy atom. The van der Waals surface area contributed by atoms with Gasteiger partial charge in [0.15, 0.2) is 5.82 Å². The molecule has 1 aromatic heterocycles. The molecule has 0 saturated heterocycles. The molecule has 5 heteroatoms. The summed E-state index contributed by atoms with van der Waals surface area (Å²) in [5.74, 6) is 2.34. The first-order chi connectivity index (χ1) is 5.77. The average Bonchev–Trinajstić information content (AvgIpc) is 2.52. The van der Waals surface area contributed by atoms with Crippen molar-refractivity contribution in [2.24, 2.45) is 5.73 Å². The Labute approximate surface area is 75.9 Å². The number of nitrogens with zero attached hydrogens (tertiary/aromatic N) is 2. The van der Waals surface area contributed by atoms with E-state index in [1.807, 2.05) is 13.2 Å². The minimum Gasteiger partial charge on any atom is -0.338 e. The fourth-order valence-corrected chi connectivity index (χ4v) is 1.12. The van der Waals surface area contributed by atoms with Crippen LogP contribution in [0.15, 0.2) is 4.52 Å². The fourth-order valence-electron chi connectivity index (χ4n) is 0.756. The van der Waals surface area contributed by atoms with E-state index in [1.165, 1.54) is 0 Å². The molecule has 1 rings (SSSR count). The van der Waals surface area contributed by atoms with Crippen LogP contribution in [0.4, 0.5) is 0 Å². The van der Waals surface area contributed by atoms with Crippen LogP contribution in [0.2, 0.25) is 0 Å². The third kappa shape index (κ3) is 2.22. The van der Waals surface area contributed by atoms with E-state index in [0.29, 0.717) is 18.3 Å². The van der Waals surface area contributed by atoms with Gasteiger partial charge in [-0.25, -0.2) is 0 Å². The molecule has 2 N–H and O–H groups in total. The van der Waals surface area contributed by atoms with Crippen molar-refractivity contribution in [1.29, 1.82) is 0 Å². The van der Waals surface area contributed by atoms with Gasteiger partial charge >= 0.3 is 0 Å². The SMILES string of the molecule is CSCc1nc(C(C)CN)no1. The quantitative estimate of drug-likeness (QED) is 0.761. The Kier molecular flexibility index (Phi) is 3.55. The maximum atomic E-state index is 5.46. The molecule has 0 spiro atoms. The monoisotopic (exact) mass is 187 g/mol. The second kappa shape index (κ2) is 4.47. The van der Waals surface area contributed by atoms with Crippen molar-refractivity contribution < 1.29 is 4.52 Å². The minimum absolute atomic E-state index is 0.185. The molecule has 1 aromatic rings. The molecule has 0 bridgehead atoms. The summed E-state index contributed by atoms with van der Waals surface area (Å²) >= 11 is 1.66. The minimum atomic E-state index is 0.185. The average molecular weight is 187 g/mol. The summed E-state index contributed by atoms with van der Waals surface area (Å²) in [5.41, 5.74) is 5.46. The van der Waals surface area contributed by atoms with Crippen molar-refractivity contribution in [3.05, 3.63) is 11.7 Å². The number of hydrogen-bond acceptors (Lipinski definition) is 5. The predicted molar refractivity (Wildman–Crippen MR) is 49.0 cm³/mol. The molecule has 68 valence electrons. The van der Waals surface area contributed by atoms with Crippen molar-refractivity contribution in [3.63, 3.8) is 0 Å². The third-order valence-electron chi connectivity index (χ3n) is 1.55. The van der Waals surface area contributed by atoms with E-state index in [2.05, 4.69) is 10.1 Å². The van der Waals surface area contributed by atoms with Crippen LogP contribution >= 0.6 is 11.8 Å². The van der Waals surface area contributed by atoms with E-state index in [4.69, 9.17) is 10.3 Å². The Bertz CT molecular complexity index is 238. The maximum absolute atomic E-state index is 5.46. The molecular weight excluding hydrogens is 174 g/mol. The number of nitrogens with two attached hydrogens (primary N) is 1. The zero-order valence-electron chi connectivity index (χ0n) is 7.28. The molecule has 0 fully saturated rings. The molecule has 0 aromatic carbocycles. The van der Waals surface area contributed by atoms with E-state index in [-0.39, 0.29) is 5.92 Å². The molecule has 12 heavy (non-hydrogen) atoms. The largest absolute Gasteiger partial charge is 0.338 e. The molecule has 0 aliphatic rings. The maximum Gasteiger partial charge on any atom is 0.236 e. The van der Waals surface area contributed by atoms with Crippen LogP contribution < -0.4 is 5.73 Å². The number of aromatic nitrogens is 2. The molecule has 0 aliphatic heterocycles. The number of thioether (sulfide) groups is 1. The summed E-state index contributed by atoms with van der Waals surface area (Å²) in [4.78, 5) is 4.19. The molecular formula is C7H13N3OS. The molecule has 0 amide bonds. The lowest BCUT2D eigenvalue weighted by atomic mass is 10.2. The Morgan fingerprint density at radius 3 is 3.00 bits per heavy atom. The van der Waals surface area contributed by atoms with Gasteiger partial charge in [-0.1, -0.05) is 12.1 Å². The lowest BCUT2D eigenvalue weighted by Gasteiger charge is -1.98. The van der Waals surface area contributed by atoms with Crippen LogP contribution in [0.5, 0.6) is 0 Å². The van der Waals surface area contributed by atoms with Crippen LogP contribution in [-0.4, -0.2) is 22.9 Å². The van der Waals surface area contributed by atoms with Gasteiger partial charge in [0, 0.05) is 12.5 Å². The van der Waals surface area contributed by atoms with Crippen molar-refractivity contribution in [2.45, 2.75) is 18.6 Å². The summed E-state index contributed by atoms with van der Waals surface area (Å²) < 4.78 is 4.99. The molecule has 4 nitrogen and oxygen atoms in total. The lowest BCUT2D eigenvalue weighted by Crippen LogP contribution is -2.10. The van der Waals surface area contributed by atoms with E-state index < -0.39 is 0 Å². The molecule has 0 saturated carbocycles. The van der Waals surface area contributed by atoms with Gasteiger partial charge in [-0.15, -0.1) is 0 Å². The summed E-state index contributed by atoms with van der Waals surface area (Å²) in [7, 11) is 0. The molecule has 1 heterocycles. The van der Waals surface area contributed by atoms with Gasteiger partial charge in [0.25, 0.3) is 0 Å². The van der Waals surface area contributed by atoms with Crippen molar-refractivity contribution in [2.75, 3.05) is 12.8 Å². The summed E-state index contributed by atoms with van der Waals surface area (Å²) in [6, 6.07) is 0. The summed E-state index contributed by atoms with van der Waals surface area (Å²) in [6.07, 6.45) is 2.00. The summed E-state index contributed by atoms with van der Waals surface area (Å²) in [5, 5.41) is 3.83. The zero-order chi connectivity index (χ0) is 8.97. The van der Waals surface area contributed by atoms with Crippen LogP contribution in [0, 0.1) is 0 Å². The third-order valence-corrected chi connectivity index (χ3v) is 2.08. The Hall–Kier alpha value is -0.550. The van der Waals surface area contributed by atoms with Gasteiger partial charge in [0.2, 0.25) is 5.89 Å². The van der Waals surface area contributed by atoms with E-state index in [9.17, 15) is 0 Å². The molecule has 0 radical (unpaired) electrons. The predicted octanol–water partition coefficient (Wildman–Crippen LogP) is 0.995. The van der Waals surface area contributed by atoms with Gasteiger partial charge in [0.1, 0.15) is 0 Å². The Morgan fingerprint density at radius 1 is 1.67 bits per heavy atom. The normalized spacial score (nSPS) is 13.2. The van der Waals surface area contributed by atoms with Crippen LogP contribution in [0.3, 0.4) is 0 Å². The highest BCUT2D eigenvalue weighted by atomic mass is 32.2. The van der Waals surface area contributed by atoms with Crippen molar-refractivity contribution >= 4 is 11.8 Å². The highest BCUT2D eigenvalue weighted by molar-refractivity contribution is 7.97. The topological polar surface area (TPSA) is 64.9 Å². The van der Waals surface area contributed by atoms with Gasteiger partial charge < -0.3 is 10.3 Å². The van der Waals surface area contributed by atoms with Crippen molar-refractivity contribution in [1.82, 2.24) is 10.1 Å². The first-order valence-corrected chi connectivity index (χ1v) is 5.18. The molecule has 1 unspecified atom stereocenters. The second-order valence-electron chi connectivity index (χ2n) is 2.62. The van der Waals surface area contributed by atoms with Crippen LogP contribution in [0.25, 0.3) is 0 Å². The van der Waals surface area contributed by atoms with Gasteiger partial charge in [-0.2, -0.15) is 16.7 Å². The van der Waals surface area contributed by atoms with Gasteiger partial charge in [-0.05, 0) is 6.26 Å². The lowest BCUT2D eigenvalue weighted by molar-refractivity contribution is 0.382. The highest BCUT2D eigenvalue weighted by Gasteiger charge is 2.11. The van der Waals surface area contributed by atoms with Crippen molar-refractivity contribution in [3.8, 4) is 0 Å². The molecule has 0 aliphatic carbocycles. The first-order valence-electron chi connectivity index (χ1n) is 3.79. The fraction of sp³-hybridized carbons (Fsp3) is 0.714. The smallest absolute Gasteiger partial charge is 0.236 e. The van der Waals surface area contributed by atoms with Crippen LogP contribution in [-0.2, 0) is 5.75 Å². The first kappa shape index (κ1) is 9.54. The number of rotatable bonds is 4. The number of hydrogen-bond donors (Lipinski definition) is 1. The van der Waals surface area contributed by atoms with Gasteiger partial charge in [-0.3, -0.25) is 0 Å². The standard InChI is InChI=1S/C7H13N3OS/c1-5(3-8)7-9-6(4-12-2)11-10-7/h5H,3-4,8H2,1-2H3. The Balaban J connectivity index is 2.63. The van der Waals surface area contributed by atoms with E-state index in [0.717, 1.165) is 5.75 Å². The highest BCUT2D eigenvalue weighted by Crippen LogP contribution is 2.12. The van der Waals surface area contributed by atoms with E-state index in [1.54, 1.807) is 11.8 Å². The van der Waals surface area contributed by atoms with E-state index >= 15 is 0 Å². The second-order valence-corrected chi connectivity index (χ2v) is 3.48. The van der Waals surface area contributed by atoms with Crippen LogP contribution in [0.1, 0.15) is 24.6 Å². The molecule has 1 atom stereocenters.